The molecule has 0 unspecified atom stereocenters. The molecule has 3 rings (SSSR count). The molecule has 0 amide bonds. The van der Waals surface area contributed by atoms with Crippen LogP contribution in [0.5, 0.6) is 0 Å². The fourth-order valence-corrected chi connectivity index (χ4v) is 5.23. The first kappa shape index (κ1) is 17.5. The molecule has 6 nitrogen and oxygen atoms in total. The van der Waals surface area contributed by atoms with Gasteiger partial charge < -0.3 is 4.74 Å². The number of hydrogen-bond donors (Lipinski definition) is 0. The van der Waals surface area contributed by atoms with E-state index in [0.717, 1.165) is 39.1 Å². The predicted molar refractivity (Wildman–Crippen MR) is 81.7 cm³/mol. The van der Waals surface area contributed by atoms with Crippen LogP contribution in [0.3, 0.4) is 0 Å². The Morgan fingerprint density at radius 1 is 0.870 bits per heavy atom. The van der Waals surface area contributed by atoms with E-state index in [1.54, 1.807) is 0 Å². The van der Waals surface area contributed by atoms with Gasteiger partial charge in [-0.1, -0.05) is 0 Å². The van der Waals surface area contributed by atoms with Gasteiger partial charge in [-0.25, -0.2) is 8.78 Å². The third kappa shape index (κ3) is 4.01. The number of piperidine rings is 2. The maximum Gasteiger partial charge on any atom is 0.281 e. The standard InChI is InChI=1S/C14H25F2N3O3S/c15-14(16)3-7-19(8-4-14)23(20,21)18-5-1-13(2-6-18)17-9-11-22-12-10-17/h13H,1-12H2. The topological polar surface area (TPSA) is 53.1 Å². The second kappa shape index (κ2) is 6.87. The zero-order valence-electron chi connectivity index (χ0n) is 13.3. The van der Waals surface area contributed by atoms with E-state index in [1.165, 1.54) is 8.61 Å². The average Bonchev–Trinajstić information content (AvgIpc) is 2.55. The van der Waals surface area contributed by atoms with Crippen LogP contribution in [0.15, 0.2) is 0 Å². The molecular formula is C14H25F2N3O3S. The highest BCUT2D eigenvalue weighted by Gasteiger charge is 2.41. The van der Waals surface area contributed by atoms with Gasteiger partial charge >= 0.3 is 0 Å². The van der Waals surface area contributed by atoms with Gasteiger partial charge in [-0.15, -0.1) is 0 Å². The number of hydrogen-bond acceptors (Lipinski definition) is 4. The summed E-state index contributed by atoms with van der Waals surface area (Å²) in [7, 11) is -3.60. The van der Waals surface area contributed by atoms with Crippen LogP contribution in [-0.2, 0) is 14.9 Å². The largest absolute Gasteiger partial charge is 0.379 e. The fraction of sp³-hybridized carbons (Fsp3) is 1.00. The highest BCUT2D eigenvalue weighted by molar-refractivity contribution is 7.86. The molecule has 134 valence electrons. The van der Waals surface area contributed by atoms with Crippen LogP contribution in [0.4, 0.5) is 8.78 Å². The number of ether oxygens (including phenoxy) is 1. The van der Waals surface area contributed by atoms with E-state index >= 15 is 0 Å². The van der Waals surface area contributed by atoms with Crippen molar-refractivity contribution in [3.63, 3.8) is 0 Å². The minimum Gasteiger partial charge on any atom is -0.379 e. The summed E-state index contributed by atoms with van der Waals surface area (Å²) in [6.07, 6.45) is 0.833. The number of alkyl halides is 2. The average molecular weight is 353 g/mol. The van der Waals surface area contributed by atoms with Gasteiger partial charge in [0.05, 0.1) is 13.2 Å². The van der Waals surface area contributed by atoms with Crippen molar-refractivity contribution in [3.8, 4) is 0 Å². The molecule has 3 aliphatic heterocycles. The lowest BCUT2D eigenvalue weighted by molar-refractivity contribution is -0.0422. The number of halogens is 2. The summed E-state index contributed by atoms with van der Waals surface area (Å²) in [4.78, 5) is 2.37. The van der Waals surface area contributed by atoms with E-state index in [0.29, 0.717) is 19.1 Å². The van der Waals surface area contributed by atoms with E-state index in [9.17, 15) is 17.2 Å². The van der Waals surface area contributed by atoms with Crippen molar-refractivity contribution in [2.75, 3.05) is 52.5 Å². The fourth-order valence-electron chi connectivity index (χ4n) is 3.59. The number of nitrogens with zero attached hydrogens (tertiary/aromatic N) is 3. The van der Waals surface area contributed by atoms with Gasteiger partial charge in [-0.05, 0) is 12.8 Å². The highest BCUT2D eigenvalue weighted by atomic mass is 32.2. The van der Waals surface area contributed by atoms with Gasteiger partial charge in [0.2, 0.25) is 0 Å². The Bertz CT molecular complexity index is 493. The SMILES string of the molecule is O=S(=O)(N1CCC(N2CCOCC2)CC1)N1CCC(F)(F)CC1. The molecule has 23 heavy (non-hydrogen) atoms. The maximum atomic E-state index is 13.2. The molecule has 0 N–H and O–H groups in total. The maximum absolute atomic E-state index is 13.2. The minimum absolute atomic E-state index is 0.0846. The molecule has 0 aromatic heterocycles. The second-order valence-electron chi connectivity index (χ2n) is 6.54. The summed E-state index contributed by atoms with van der Waals surface area (Å²) in [5.74, 6) is -2.73. The second-order valence-corrected chi connectivity index (χ2v) is 8.47. The van der Waals surface area contributed by atoms with Crippen LogP contribution in [0.2, 0.25) is 0 Å². The van der Waals surface area contributed by atoms with E-state index in [4.69, 9.17) is 4.74 Å². The Labute approximate surface area is 136 Å². The molecule has 0 aliphatic carbocycles. The van der Waals surface area contributed by atoms with Crippen molar-refractivity contribution in [2.24, 2.45) is 0 Å². The Balaban J connectivity index is 1.54. The summed E-state index contributed by atoms with van der Waals surface area (Å²) in [6.45, 7) is 4.05. The van der Waals surface area contributed by atoms with Crippen molar-refractivity contribution in [1.29, 1.82) is 0 Å². The molecule has 3 heterocycles. The summed E-state index contributed by atoms with van der Waals surface area (Å²) in [5, 5.41) is 0. The van der Waals surface area contributed by atoms with Crippen LogP contribution in [0, 0.1) is 0 Å². The summed E-state index contributed by atoms with van der Waals surface area (Å²) < 4.78 is 59.7. The lowest BCUT2D eigenvalue weighted by Crippen LogP contribution is -2.54. The lowest BCUT2D eigenvalue weighted by Gasteiger charge is -2.41. The molecular weight excluding hydrogens is 328 g/mol. The molecule has 3 aliphatic rings. The van der Waals surface area contributed by atoms with E-state index in [1.807, 2.05) is 0 Å². The first-order valence-corrected chi connectivity index (χ1v) is 9.73. The van der Waals surface area contributed by atoms with Gasteiger partial charge in [-0.3, -0.25) is 4.90 Å². The van der Waals surface area contributed by atoms with Crippen molar-refractivity contribution in [1.82, 2.24) is 13.5 Å². The normalized spacial score (nSPS) is 29.7. The van der Waals surface area contributed by atoms with Gasteiger partial charge in [0.1, 0.15) is 0 Å². The van der Waals surface area contributed by atoms with Crippen molar-refractivity contribution in [3.05, 3.63) is 0 Å². The molecule has 3 fully saturated rings. The Kier molecular flexibility index (Phi) is 5.22. The van der Waals surface area contributed by atoms with Crippen LogP contribution in [0.1, 0.15) is 25.7 Å². The van der Waals surface area contributed by atoms with Crippen molar-refractivity contribution in [2.45, 2.75) is 37.6 Å². The van der Waals surface area contributed by atoms with Crippen LogP contribution in [-0.4, -0.2) is 86.4 Å². The predicted octanol–water partition coefficient (Wildman–Crippen LogP) is 0.759. The zero-order chi connectivity index (χ0) is 16.5. The van der Waals surface area contributed by atoms with Gasteiger partial charge in [0, 0.05) is 58.2 Å². The minimum atomic E-state index is -3.60. The molecule has 0 bridgehead atoms. The summed E-state index contributed by atoms with van der Waals surface area (Å²) in [6, 6.07) is 0.399. The van der Waals surface area contributed by atoms with Crippen LogP contribution >= 0.6 is 0 Å². The Hall–Kier alpha value is -0.350. The van der Waals surface area contributed by atoms with Crippen LogP contribution < -0.4 is 0 Å². The highest BCUT2D eigenvalue weighted by Crippen LogP contribution is 2.30. The number of rotatable bonds is 3. The van der Waals surface area contributed by atoms with Crippen molar-refractivity contribution >= 4 is 10.2 Å². The Morgan fingerprint density at radius 3 is 1.96 bits per heavy atom. The van der Waals surface area contributed by atoms with E-state index in [-0.39, 0.29) is 25.9 Å². The smallest absolute Gasteiger partial charge is 0.281 e. The molecule has 0 aromatic rings. The van der Waals surface area contributed by atoms with Crippen molar-refractivity contribution < 1.29 is 21.9 Å². The molecule has 0 saturated carbocycles. The zero-order valence-corrected chi connectivity index (χ0v) is 14.1. The van der Waals surface area contributed by atoms with Gasteiger partial charge in [0.25, 0.3) is 16.1 Å². The molecule has 3 saturated heterocycles. The molecule has 0 radical (unpaired) electrons. The van der Waals surface area contributed by atoms with Gasteiger partial charge in [-0.2, -0.15) is 17.0 Å². The van der Waals surface area contributed by atoms with Gasteiger partial charge in [0.15, 0.2) is 0 Å². The third-order valence-corrected chi connectivity index (χ3v) is 7.13. The monoisotopic (exact) mass is 353 g/mol. The Morgan fingerprint density at radius 2 is 1.39 bits per heavy atom. The molecule has 0 atom stereocenters. The molecule has 9 heteroatoms. The quantitative estimate of drug-likeness (QED) is 0.752. The van der Waals surface area contributed by atoms with Crippen LogP contribution in [0.25, 0.3) is 0 Å². The first-order valence-electron chi connectivity index (χ1n) is 8.33. The van der Waals surface area contributed by atoms with E-state index in [2.05, 4.69) is 4.90 Å². The first-order chi connectivity index (χ1) is 10.9. The summed E-state index contributed by atoms with van der Waals surface area (Å²) in [5.41, 5.74) is 0. The molecule has 0 aromatic carbocycles. The number of morpholine rings is 1. The lowest BCUT2D eigenvalue weighted by atomic mass is 10.0. The molecule has 0 spiro atoms. The van der Waals surface area contributed by atoms with E-state index < -0.39 is 16.1 Å². The summed E-state index contributed by atoms with van der Waals surface area (Å²) >= 11 is 0. The third-order valence-electron chi connectivity index (χ3n) is 5.09.